The van der Waals surface area contributed by atoms with Crippen molar-refractivity contribution in [2.45, 2.75) is 19.5 Å². The predicted octanol–water partition coefficient (Wildman–Crippen LogP) is 4.65. The number of ether oxygens (including phenoxy) is 1. The van der Waals surface area contributed by atoms with E-state index in [1.807, 2.05) is 46.5 Å². The molecular formula is C22H21N5O3S. The van der Waals surface area contributed by atoms with Gasteiger partial charge in [-0.05, 0) is 18.6 Å². The molecule has 2 aromatic heterocycles. The second-order valence-corrected chi connectivity index (χ2v) is 7.64. The fourth-order valence-corrected chi connectivity index (χ4v) is 4.25. The fraction of sp³-hybridized carbons (Fsp3) is 0.182. The molecular weight excluding hydrogens is 414 g/mol. The monoisotopic (exact) mass is 435 g/mol. The van der Waals surface area contributed by atoms with E-state index >= 15 is 0 Å². The van der Waals surface area contributed by atoms with Gasteiger partial charge < -0.3 is 13.9 Å². The first-order chi connectivity index (χ1) is 15.2. The van der Waals surface area contributed by atoms with E-state index in [-0.39, 0.29) is 10.6 Å². The molecule has 2 aromatic carbocycles. The van der Waals surface area contributed by atoms with Crippen molar-refractivity contribution < 1.29 is 9.66 Å². The Morgan fingerprint density at radius 1 is 1.19 bits per heavy atom. The van der Waals surface area contributed by atoms with Crippen LogP contribution in [0, 0.1) is 10.1 Å². The Balaban J connectivity index is 1.75. The summed E-state index contributed by atoms with van der Waals surface area (Å²) in [5.41, 5.74) is 2.49. The van der Waals surface area contributed by atoms with E-state index in [2.05, 4.69) is 9.55 Å². The number of aromatic nitrogens is 3. The molecule has 0 atom stereocenters. The molecule has 0 aliphatic rings. The Morgan fingerprint density at radius 3 is 2.84 bits per heavy atom. The standard InChI is InChI=1S/C22H21N5O3S/c1-30-21-9-3-2-8-19(21)24-22-26(12-5-11-25-13-10-23-16-25)20(15-31-22)17-6-4-7-18(14-17)27(28)29/h2-4,6-10,13-16H,5,11-12H2,1H3. The number of non-ortho nitro benzene ring substituents is 1. The third kappa shape index (κ3) is 4.72. The van der Waals surface area contributed by atoms with E-state index < -0.39 is 0 Å². The van der Waals surface area contributed by atoms with Crippen LogP contribution in [0.15, 0.2) is 77.6 Å². The van der Waals surface area contributed by atoms with Crippen molar-refractivity contribution in [2.75, 3.05) is 7.11 Å². The van der Waals surface area contributed by atoms with Crippen molar-refractivity contribution in [3.63, 3.8) is 0 Å². The smallest absolute Gasteiger partial charge is 0.270 e. The van der Waals surface area contributed by atoms with Crippen LogP contribution < -0.4 is 9.54 Å². The molecule has 0 fully saturated rings. The zero-order valence-electron chi connectivity index (χ0n) is 16.9. The predicted molar refractivity (Wildman–Crippen MR) is 119 cm³/mol. The Bertz CT molecular complexity index is 1240. The second-order valence-electron chi connectivity index (χ2n) is 6.80. The molecule has 2 heterocycles. The average Bonchev–Trinajstić information content (AvgIpc) is 3.45. The SMILES string of the molecule is COc1ccccc1N=c1scc(-c2cccc([N+](=O)[O-])c2)n1CCCn1ccnc1. The van der Waals surface area contributed by atoms with E-state index in [4.69, 9.17) is 9.73 Å². The van der Waals surface area contributed by atoms with Gasteiger partial charge in [-0.1, -0.05) is 24.3 Å². The van der Waals surface area contributed by atoms with E-state index in [1.54, 1.807) is 31.8 Å². The molecule has 0 bridgehead atoms. The lowest BCUT2D eigenvalue weighted by atomic mass is 10.1. The lowest BCUT2D eigenvalue weighted by molar-refractivity contribution is -0.384. The molecule has 4 aromatic rings. The number of benzene rings is 2. The van der Waals surface area contributed by atoms with Crippen LogP contribution in [0.25, 0.3) is 11.3 Å². The Hall–Kier alpha value is -3.72. The summed E-state index contributed by atoms with van der Waals surface area (Å²) in [7, 11) is 1.62. The largest absolute Gasteiger partial charge is 0.494 e. The van der Waals surface area contributed by atoms with Crippen LogP contribution >= 0.6 is 11.3 Å². The highest BCUT2D eigenvalue weighted by Crippen LogP contribution is 2.28. The molecule has 0 saturated heterocycles. The number of thiazole rings is 1. The Labute approximate surface area is 182 Å². The van der Waals surface area contributed by atoms with Crippen LogP contribution in [0.5, 0.6) is 5.75 Å². The minimum absolute atomic E-state index is 0.0666. The van der Waals surface area contributed by atoms with Gasteiger partial charge in [0.1, 0.15) is 11.4 Å². The summed E-state index contributed by atoms with van der Waals surface area (Å²) in [5.74, 6) is 0.692. The molecule has 0 amide bonds. The third-order valence-electron chi connectivity index (χ3n) is 4.81. The molecule has 0 aliphatic heterocycles. The average molecular weight is 436 g/mol. The van der Waals surface area contributed by atoms with Gasteiger partial charge in [0.05, 0.1) is 24.1 Å². The molecule has 158 valence electrons. The molecule has 4 rings (SSSR count). The van der Waals surface area contributed by atoms with Crippen LogP contribution in [0.4, 0.5) is 11.4 Å². The maximum Gasteiger partial charge on any atom is 0.270 e. The number of nitro groups is 1. The Kier molecular flexibility index (Phi) is 6.23. The van der Waals surface area contributed by atoms with Gasteiger partial charge in [0.15, 0.2) is 4.80 Å². The second kappa shape index (κ2) is 9.40. The number of imidazole rings is 1. The van der Waals surface area contributed by atoms with E-state index in [0.717, 1.165) is 34.7 Å². The molecule has 0 N–H and O–H groups in total. The molecule has 0 unspecified atom stereocenters. The lowest BCUT2D eigenvalue weighted by Gasteiger charge is -2.10. The molecule has 31 heavy (non-hydrogen) atoms. The maximum atomic E-state index is 11.3. The fourth-order valence-electron chi connectivity index (χ4n) is 3.30. The van der Waals surface area contributed by atoms with Crippen LogP contribution in [-0.4, -0.2) is 26.2 Å². The van der Waals surface area contributed by atoms with Crippen LogP contribution in [0.2, 0.25) is 0 Å². The van der Waals surface area contributed by atoms with E-state index in [1.165, 1.54) is 17.4 Å². The lowest BCUT2D eigenvalue weighted by Crippen LogP contribution is -2.17. The number of nitro benzene ring substituents is 1. The van der Waals surface area contributed by atoms with Gasteiger partial charge in [-0.2, -0.15) is 0 Å². The highest BCUT2D eigenvalue weighted by atomic mass is 32.1. The summed E-state index contributed by atoms with van der Waals surface area (Å²) in [4.78, 5) is 20.6. The summed E-state index contributed by atoms with van der Waals surface area (Å²) >= 11 is 1.50. The van der Waals surface area contributed by atoms with E-state index in [9.17, 15) is 10.1 Å². The first-order valence-corrected chi connectivity index (χ1v) is 10.6. The van der Waals surface area contributed by atoms with Crippen LogP contribution in [0.1, 0.15) is 6.42 Å². The molecule has 0 radical (unpaired) electrons. The number of hydrogen-bond acceptors (Lipinski definition) is 6. The summed E-state index contributed by atoms with van der Waals surface area (Å²) in [6, 6.07) is 14.3. The molecule has 0 aliphatic carbocycles. The Morgan fingerprint density at radius 2 is 2.06 bits per heavy atom. The normalized spacial score (nSPS) is 11.6. The zero-order chi connectivity index (χ0) is 21.6. The van der Waals surface area contributed by atoms with Gasteiger partial charge in [0.25, 0.3) is 5.69 Å². The number of rotatable bonds is 8. The number of para-hydroxylation sites is 2. The van der Waals surface area contributed by atoms with Crippen molar-refractivity contribution in [3.8, 4) is 17.0 Å². The van der Waals surface area contributed by atoms with Crippen molar-refractivity contribution in [1.82, 2.24) is 14.1 Å². The van der Waals surface area contributed by atoms with Crippen molar-refractivity contribution >= 4 is 22.7 Å². The van der Waals surface area contributed by atoms with Crippen molar-refractivity contribution in [1.29, 1.82) is 0 Å². The number of aryl methyl sites for hydroxylation is 1. The van der Waals surface area contributed by atoms with Crippen LogP contribution in [-0.2, 0) is 13.1 Å². The van der Waals surface area contributed by atoms with Crippen molar-refractivity contribution in [2.24, 2.45) is 4.99 Å². The van der Waals surface area contributed by atoms with Gasteiger partial charge in [-0.25, -0.2) is 9.98 Å². The minimum atomic E-state index is -0.376. The molecule has 0 saturated carbocycles. The highest BCUT2D eigenvalue weighted by Gasteiger charge is 2.13. The maximum absolute atomic E-state index is 11.3. The quantitative estimate of drug-likeness (QED) is 0.298. The summed E-state index contributed by atoms with van der Waals surface area (Å²) in [5, 5.41) is 13.2. The highest BCUT2D eigenvalue weighted by molar-refractivity contribution is 7.07. The minimum Gasteiger partial charge on any atom is -0.494 e. The van der Waals surface area contributed by atoms with Gasteiger partial charge in [-0.15, -0.1) is 11.3 Å². The summed E-state index contributed by atoms with van der Waals surface area (Å²) < 4.78 is 9.57. The van der Waals surface area contributed by atoms with Gasteiger partial charge in [-0.3, -0.25) is 10.1 Å². The zero-order valence-corrected chi connectivity index (χ0v) is 17.7. The number of methoxy groups -OCH3 is 1. The van der Waals surface area contributed by atoms with Gasteiger partial charge in [0.2, 0.25) is 0 Å². The first-order valence-electron chi connectivity index (χ1n) is 9.72. The number of hydrogen-bond donors (Lipinski definition) is 0. The first kappa shape index (κ1) is 20.5. The molecule has 0 spiro atoms. The van der Waals surface area contributed by atoms with Crippen LogP contribution in [0.3, 0.4) is 0 Å². The molecule has 9 heteroatoms. The number of nitrogens with zero attached hydrogens (tertiary/aromatic N) is 5. The third-order valence-corrected chi connectivity index (χ3v) is 5.67. The molecule has 8 nitrogen and oxygen atoms in total. The topological polar surface area (TPSA) is 87.5 Å². The summed E-state index contributed by atoms with van der Waals surface area (Å²) in [6.45, 7) is 1.51. The van der Waals surface area contributed by atoms with Crippen molar-refractivity contribution in [3.05, 3.63) is 87.5 Å². The van der Waals surface area contributed by atoms with E-state index in [0.29, 0.717) is 12.3 Å². The van der Waals surface area contributed by atoms with Gasteiger partial charge in [0, 0.05) is 48.6 Å². The summed E-state index contributed by atoms with van der Waals surface area (Å²) in [6.07, 6.45) is 6.34. The van der Waals surface area contributed by atoms with Gasteiger partial charge >= 0.3 is 0 Å².